The smallest absolute Gasteiger partial charge is 0.457 e. The Morgan fingerprint density at radius 1 is 1.20 bits per heavy atom. The number of ether oxygens (including phenoxy) is 1. The SMILES string of the molecule is Cc1nc2cccc(-c3cc4c([nH]3)[C@@H](C)NC4=O)c2nc1N[C@H]1CCC[C@@H](NC(=O)[C@H](N)COC(=O)C(F)(F)F)C1. The maximum absolute atomic E-state index is 12.4. The van der Waals surface area contributed by atoms with E-state index in [0.717, 1.165) is 29.8 Å². The van der Waals surface area contributed by atoms with Crippen molar-refractivity contribution in [3.05, 3.63) is 41.2 Å². The second-order valence-corrected chi connectivity index (χ2v) is 10.5. The molecule has 0 radical (unpaired) electrons. The van der Waals surface area contributed by atoms with E-state index in [1.807, 2.05) is 38.1 Å². The van der Waals surface area contributed by atoms with Crippen LogP contribution < -0.4 is 21.7 Å². The second kappa shape index (κ2) is 11.0. The highest BCUT2D eigenvalue weighted by atomic mass is 19.4. The van der Waals surface area contributed by atoms with Crippen molar-refractivity contribution in [3.8, 4) is 11.3 Å². The maximum Gasteiger partial charge on any atom is 0.490 e. The van der Waals surface area contributed by atoms with Crippen LogP contribution in [0.15, 0.2) is 24.3 Å². The lowest BCUT2D eigenvalue weighted by Crippen LogP contribution is -2.50. The van der Waals surface area contributed by atoms with Crippen molar-refractivity contribution in [2.75, 3.05) is 11.9 Å². The average molecular weight is 574 g/mol. The molecule has 2 aliphatic rings. The number of esters is 1. The van der Waals surface area contributed by atoms with Gasteiger partial charge in [-0.05, 0) is 51.7 Å². The van der Waals surface area contributed by atoms with E-state index in [4.69, 9.17) is 15.7 Å². The Bertz CT molecular complexity index is 1510. The monoisotopic (exact) mass is 573 g/mol. The van der Waals surface area contributed by atoms with E-state index in [1.54, 1.807) is 0 Å². The molecule has 3 aromatic rings. The summed E-state index contributed by atoms with van der Waals surface area (Å²) in [6.07, 6.45) is -2.38. The Balaban J connectivity index is 1.28. The highest BCUT2D eigenvalue weighted by Crippen LogP contribution is 2.33. The predicted octanol–water partition coefficient (Wildman–Crippen LogP) is 3.01. The molecule has 1 aliphatic carbocycles. The van der Waals surface area contributed by atoms with Crippen LogP contribution in [0.25, 0.3) is 22.3 Å². The van der Waals surface area contributed by atoms with Crippen LogP contribution in [0.2, 0.25) is 0 Å². The first kappa shape index (κ1) is 28.3. The summed E-state index contributed by atoms with van der Waals surface area (Å²) in [5.74, 6) is -2.62. The molecule has 41 heavy (non-hydrogen) atoms. The van der Waals surface area contributed by atoms with Crippen LogP contribution in [-0.2, 0) is 14.3 Å². The van der Waals surface area contributed by atoms with Gasteiger partial charge in [-0.3, -0.25) is 9.59 Å². The number of carbonyl (C=O) groups excluding carboxylic acids is 3. The molecular formula is C27H30F3N7O4. The number of para-hydroxylation sites is 1. The summed E-state index contributed by atoms with van der Waals surface area (Å²) in [7, 11) is 0. The van der Waals surface area contributed by atoms with Crippen molar-refractivity contribution in [2.24, 2.45) is 5.73 Å². The van der Waals surface area contributed by atoms with E-state index in [9.17, 15) is 27.6 Å². The first-order valence-corrected chi connectivity index (χ1v) is 13.3. The number of aromatic amines is 1. The van der Waals surface area contributed by atoms with Gasteiger partial charge in [0.15, 0.2) is 0 Å². The zero-order valence-corrected chi connectivity index (χ0v) is 22.4. The zero-order chi connectivity index (χ0) is 29.5. The fourth-order valence-electron chi connectivity index (χ4n) is 5.29. The lowest BCUT2D eigenvalue weighted by molar-refractivity contribution is -0.200. The molecule has 1 saturated carbocycles. The number of carbonyl (C=O) groups is 3. The number of aromatic nitrogens is 3. The molecule has 3 heterocycles. The number of alkyl halides is 3. The first-order chi connectivity index (χ1) is 19.4. The Labute approximate surface area is 232 Å². The molecule has 2 amide bonds. The number of fused-ring (bicyclic) bond motifs is 2. The molecule has 0 spiro atoms. The van der Waals surface area contributed by atoms with Gasteiger partial charge in [0.25, 0.3) is 5.91 Å². The van der Waals surface area contributed by atoms with Crippen LogP contribution in [0.4, 0.5) is 19.0 Å². The molecule has 11 nitrogen and oxygen atoms in total. The van der Waals surface area contributed by atoms with Crippen LogP contribution >= 0.6 is 0 Å². The van der Waals surface area contributed by atoms with Gasteiger partial charge in [-0.15, -0.1) is 0 Å². The van der Waals surface area contributed by atoms with Gasteiger partial charge in [-0.2, -0.15) is 13.2 Å². The van der Waals surface area contributed by atoms with Gasteiger partial charge < -0.3 is 31.4 Å². The second-order valence-electron chi connectivity index (χ2n) is 10.5. The van der Waals surface area contributed by atoms with Gasteiger partial charge >= 0.3 is 12.1 Å². The van der Waals surface area contributed by atoms with Crippen molar-refractivity contribution in [1.82, 2.24) is 25.6 Å². The van der Waals surface area contributed by atoms with Crippen LogP contribution in [0.1, 0.15) is 60.4 Å². The molecule has 1 fully saturated rings. The van der Waals surface area contributed by atoms with Gasteiger partial charge in [0.1, 0.15) is 24.0 Å². The molecule has 6 N–H and O–H groups in total. The summed E-state index contributed by atoms with van der Waals surface area (Å²) in [6, 6.07) is 5.61. The minimum atomic E-state index is -5.15. The normalized spacial score (nSPS) is 21.2. The van der Waals surface area contributed by atoms with Crippen molar-refractivity contribution in [1.29, 1.82) is 0 Å². The Morgan fingerprint density at radius 3 is 2.68 bits per heavy atom. The molecule has 0 unspecified atom stereocenters. The lowest BCUT2D eigenvalue weighted by atomic mass is 9.90. The Kier molecular flexibility index (Phi) is 7.60. The third kappa shape index (κ3) is 5.97. The number of nitrogens with zero attached hydrogens (tertiary/aromatic N) is 2. The number of hydrogen-bond donors (Lipinski definition) is 5. The third-order valence-corrected chi connectivity index (χ3v) is 7.36. The van der Waals surface area contributed by atoms with Gasteiger partial charge in [0.05, 0.1) is 28.5 Å². The van der Waals surface area contributed by atoms with Crippen molar-refractivity contribution < 1.29 is 32.3 Å². The third-order valence-electron chi connectivity index (χ3n) is 7.36. The van der Waals surface area contributed by atoms with Crippen molar-refractivity contribution in [2.45, 2.75) is 69.9 Å². The fourth-order valence-corrected chi connectivity index (χ4v) is 5.29. The van der Waals surface area contributed by atoms with E-state index in [1.165, 1.54) is 0 Å². The fraction of sp³-hybridized carbons (Fsp3) is 0.444. The predicted molar refractivity (Wildman–Crippen MR) is 143 cm³/mol. The van der Waals surface area contributed by atoms with E-state index < -0.39 is 30.7 Å². The summed E-state index contributed by atoms with van der Waals surface area (Å²) in [4.78, 5) is 48.6. The molecule has 1 aromatic carbocycles. The lowest BCUT2D eigenvalue weighted by Gasteiger charge is -2.31. The highest BCUT2D eigenvalue weighted by Gasteiger charge is 2.41. The molecule has 14 heteroatoms. The molecule has 5 rings (SSSR count). The van der Waals surface area contributed by atoms with Crippen LogP contribution in [0.5, 0.6) is 0 Å². The van der Waals surface area contributed by atoms with Crippen LogP contribution in [0.3, 0.4) is 0 Å². The minimum absolute atomic E-state index is 0.0650. The number of hydrogen-bond acceptors (Lipinski definition) is 8. The van der Waals surface area contributed by atoms with E-state index in [-0.39, 0.29) is 24.0 Å². The van der Waals surface area contributed by atoms with Crippen LogP contribution in [0, 0.1) is 6.92 Å². The largest absolute Gasteiger partial charge is 0.490 e. The number of halogens is 3. The van der Waals surface area contributed by atoms with Crippen molar-refractivity contribution in [3.63, 3.8) is 0 Å². The van der Waals surface area contributed by atoms with E-state index >= 15 is 0 Å². The molecular weight excluding hydrogens is 543 g/mol. The molecule has 0 saturated heterocycles. The Hall–Kier alpha value is -4.20. The van der Waals surface area contributed by atoms with Gasteiger partial charge in [-0.25, -0.2) is 14.8 Å². The summed E-state index contributed by atoms with van der Waals surface area (Å²) < 4.78 is 41.1. The number of amides is 2. The molecule has 218 valence electrons. The quantitative estimate of drug-likeness (QED) is 0.269. The summed E-state index contributed by atoms with van der Waals surface area (Å²) in [6.45, 7) is 2.88. The number of H-pyrrole nitrogens is 1. The highest BCUT2D eigenvalue weighted by molar-refractivity contribution is 6.01. The number of anilines is 1. The topological polar surface area (TPSA) is 164 Å². The van der Waals surface area contributed by atoms with E-state index in [0.29, 0.717) is 41.0 Å². The summed E-state index contributed by atoms with van der Waals surface area (Å²) in [5, 5.41) is 9.06. The maximum atomic E-state index is 12.4. The minimum Gasteiger partial charge on any atom is -0.457 e. The van der Waals surface area contributed by atoms with Gasteiger partial charge in [-0.1, -0.05) is 12.1 Å². The molecule has 0 bridgehead atoms. The number of aryl methyl sites for hydroxylation is 1. The number of rotatable bonds is 7. The Morgan fingerprint density at radius 2 is 1.95 bits per heavy atom. The molecule has 4 atom stereocenters. The summed E-state index contributed by atoms with van der Waals surface area (Å²) in [5.41, 5.74) is 10.7. The number of benzene rings is 1. The van der Waals surface area contributed by atoms with E-state index in [2.05, 4.69) is 25.7 Å². The average Bonchev–Trinajstić information content (AvgIpc) is 3.47. The van der Waals surface area contributed by atoms with Crippen molar-refractivity contribution >= 4 is 34.6 Å². The molecule has 1 aliphatic heterocycles. The first-order valence-electron chi connectivity index (χ1n) is 13.3. The summed E-state index contributed by atoms with van der Waals surface area (Å²) >= 11 is 0. The van der Waals surface area contributed by atoms with Gasteiger partial charge in [0.2, 0.25) is 5.91 Å². The van der Waals surface area contributed by atoms with Crippen LogP contribution in [-0.4, -0.2) is 63.6 Å². The molecule has 2 aromatic heterocycles. The number of nitrogens with one attached hydrogen (secondary N) is 4. The number of nitrogens with two attached hydrogens (primary N) is 1. The standard InChI is InChI=1S/C27H30F3N7O4/c1-12-21-17(24(38)33-12)10-20(36-21)16-7-4-8-19-22(16)37-23(13(2)32-19)34-14-5-3-6-15(9-14)35-25(39)18(31)11-41-26(40)27(28,29)30/h4,7-8,10,12,14-15,18,36H,3,5-6,9,11,31H2,1-2H3,(H,33,38)(H,34,37)(H,35,39)/t12-,14+,15-,18-/m1/s1. The zero-order valence-electron chi connectivity index (χ0n) is 22.4. The van der Waals surface area contributed by atoms with Gasteiger partial charge in [0, 0.05) is 23.3 Å².